The van der Waals surface area contributed by atoms with Crippen LogP contribution in [-0.2, 0) is 19.1 Å². The zero-order valence-corrected chi connectivity index (χ0v) is 33.6. The number of unbranched alkanes of at least 4 members (excludes halogenated alkanes) is 4. The molecule has 2 unspecified atom stereocenters. The Labute approximate surface area is 318 Å². The molecule has 53 heavy (non-hydrogen) atoms. The summed E-state index contributed by atoms with van der Waals surface area (Å²) in [6.07, 6.45) is 28.1. The first kappa shape index (κ1) is 52.3. The monoisotopic (exact) mass is 738 g/mol. The lowest BCUT2D eigenvalue weighted by atomic mass is 9.97. The Hall–Kier alpha value is -5.03. The van der Waals surface area contributed by atoms with Crippen molar-refractivity contribution in [3.63, 3.8) is 0 Å². The number of benzene rings is 1. The number of carboxylic acid groups (broad SMARTS) is 1. The van der Waals surface area contributed by atoms with Crippen LogP contribution in [0.5, 0.6) is 0 Å². The van der Waals surface area contributed by atoms with Crippen LogP contribution in [0.25, 0.3) is 10.9 Å². The number of aromatic nitrogens is 1. The van der Waals surface area contributed by atoms with Gasteiger partial charge in [-0.05, 0) is 65.0 Å². The molecule has 11 heteroatoms. The molecule has 1 aromatic carbocycles. The second-order valence-corrected chi connectivity index (χ2v) is 12.3. The molecule has 3 amide bonds. The number of alkyl carbamates (subject to hydrolysis) is 1. The van der Waals surface area contributed by atoms with Crippen LogP contribution in [0.3, 0.4) is 0 Å². The molecule has 11 nitrogen and oxygen atoms in total. The summed E-state index contributed by atoms with van der Waals surface area (Å²) in [6, 6.07) is 7.13. The van der Waals surface area contributed by atoms with E-state index in [0.717, 1.165) is 49.4 Å². The highest BCUT2D eigenvalue weighted by Gasteiger charge is 2.35. The number of rotatable bonds is 12. The van der Waals surface area contributed by atoms with Crippen LogP contribution >= 0.6 is 0 Å². The lowest BCUT2D eigenvalue weighted by molar-refractivity contribution is -0.146. The third-order valence-corrected chi connectivity index (χ3v) is 7.33. The van der Waals surface area contributed by atoms with E-state index in [4.69, 9.17) is 4.74 Å². The first-order chi connectivity index (χ1) is 25.3. The van der Waals surface area contributed by atoms with Gasteiger partial charge in [-0.1, -0.05) is 85.1 Å². The molecule has 4 N–H and O–H groups in total. The molecule has 0 radical (unpaired) electrons. The molecule has 0 aliphatic carbocycles. The van der Waals surface area contributed by atoms with Crippen LogP contribution in [0.4, 0.5) is 4.79 Å². The van der Waals surface area contributed by atoms with E-state index in [1.54, 1.807) is 33.9 Å². The molecule has 2 heterocycles. The average molecular weight is 739 g/mol. The minimum Gasteiger partial charge on any atom is -0.480 e. The van der Waals surface area contributed by atoms with Crippen molar-refractivity contribution in [1.29, 1.82) is 0 Å². The van der Waals surface area contributed by atoms with E-state index in [2.05, 4.69) is 48.2 Å². The molecule has 0 spiro atoms. The third-order valence-electron chi connectivity index (χ3n) is 7.33. The Morgan fingerprint density at radius 1 is 1.00 bits per heavy atom. The zero-order chi connectivity index (χ0) is 41.4. The van der Waals surface area contributed by atoms with Crippen molar-refractivity contribution in [2.24, 2.45) is 5.92 Å². The standard InChI is InChI=1S/C25H43N3O6.C9H7NO.2C2H6.2C2H2/c1-6-7-8-9-10-11-14-18(2)21(23(31)32)27-22(30)19-15-12-13-16-28(19)20(29)17-26-24(33)34-25(3,4)5;11-9-5-6-10-8-4-2-1-3-7(8)9;4*1-2/h11,14,18-19,21H,6-10,12-13,15-17H2,1-5H3,(H,26,33)(H,27,30)(H,31,32);1-6H,(H,10,11);2*1-2H3;2*1-2H/t18?,19-,21?;;;;;/m0...../s1. The number of aliphatic carboxylic acids is 1. The van der Waals surface area contributed by atoms with E-state index in [1.165, 1.54) is 17.4 Å². The second-order valence-electron chi connectivity index (χ2n) is 12.3. The minimum atomic E-state index is -1.11. The van der Waals surface area contributed by atoms with Crippen molar-refractivity contribution in [1.82, 2.24) is 20.5 Å². The second kappa shape index (κ2) is 31.7. The molecule has 3 atom stereocenters. The summed E-state index contributed by atoms with van der Waals surface area (Å²) >= 11 is 0. The number of piperidine rings is 1. The van der Waals surface area contributed by atoms with Gasteiger partial charge in [0.05, 0.1) is 0 Å². The van der Waals surface area contributed by atoms with Gasteiger partial charge in [-0.3, -0.25) is 14.4 Å². The van der Waals surface area contributed by atoms with E-state index < -0.39 is 47.5 Å². The van der Waals surface area contributed by atoms with Gasteiger partial charge in [0.15, 0.2) is 5.43 Å². The molecule has 1 saturated heterocycles. The van der Waals surface area contributed by atoms with Gasteiger partial charge in [0, 0.05) is 35.6 Å². The SMILES string of the molecule is C#C.C#C.CC.CC.CCCCCCC=CC(C)C(NC(=O)[C@@H]1CCCCN1C(=O)CNC(=O)OC(C)(C)C)C(=O)O.O=c1cc[nH]c2ccccc12. The summed E-state index contributed by atoms with van der Waals surface area (Å²) in [5.74, 6) is -2.40. The first-order valence-electron chi connectivity index (χ1n) is 18.5. The molecule has 1 aromatic heterocycles. The topological polar surface area (TPSA) is 158 Å². The number of carbonyl (C=O) groups is 4. The largest absolute Gasteiger partial charge is 0.480 e. The molecule has 3 rings (SSSR count). The summed E-state index contributed by atoms with van der Waals surface area (Å²) in [5.41, 5.74) is 0.270. The lowest BCUT2D eigenvalue weighted by Crippen LogP contribution is -2.57. The van der Waals surface area contributed by atoms with Crippen LogP contribution < -0.4 is 16.1 Å². The third kappa shape index (κ3) is 22.5. The smallest absolute Gasteiger partial charge is 0.408 e. The first-order valence-corrected chi connectivity index (χ1v) is 18.5. The predicted octanol–water partition coefficient (Wildman–Crippen LogP) is 7.70. The van der Waals surface area contributed by atoms with Gasteiger partial charge >= 0.3 is 12.1 Å². The zero-order valence-electron chi connectivity index (χ0n) is 33.6. The van der Waals surface area contributed by atoms with E-state index in [0.29, 0.717) is 13.0 Å². The number of pyridine rings is 1. The Bertz CT molecular complexity index is 1430. The van der Waals surface area contributed by atoms with Crippen LogP contribution in [0, 0.1) is 31.6 Å². The number of ether oxygens (including phenoxy) is 1. The van der Waals surface area contributed by atoms with Gasteiger partial charge in [0.25, 0.3) is 0 Å². The Balaban J connectivity index is -0.00000108. The van der Waals surface area contributed by atoms with E-state index in [9.17, 15) is 29.1 Å². The van der Waals surface area contributed by atoms with Crippen molar-refractivity contribution in [2.75, 3.05) is 13.1 Å². The molecule has 2 aromatic rings. The van der Waals surface area contributed by atoms with E-state index >= 15 is 0 Å². The number of hydrogen-bond acceptors (Lipinski definition) is 6. The highest BCUT2D eigenvalue weighted by Crippen LogP contribution is 2.19. The number of para-hydroxylation sites is 1. The number of amides is 3. The number of carbonyl (C=O) groups excluding carboxylic acids is 3. The lowest BCUT2D eigenvalue weighted by Gasteiger charge is -2.35. The number of terminal acetylenes is 2. The summed E-state index contributed by atoms with van der Waals surface area (Å²) < 4.78 is 5.14. The summed E-state index contributed by atoms with van der Waals surface area (Å²) in [7, 11) is 0. The quantitative estimate of drug-likeness (QED) is 0.0987. The van der Waals surface area contributed by atoms with Crippen molar-refractivity contribution >= 4 is 34.8 Å². The summed E-state index contributed by atoms with van der Waals surface area (Å²) in [6.45, 7) is 17.2. The maximum absolute atomic E-state index is 13.0. The number of fused-ring (bicyclic) bond motifs is 1. The number of hydrogen-bond donors (Lipinski definition) is 4. The number of H-pyrrole nitrogens is 1. The number of aromatic amines is 1. The predicted molar refractivity (Wildman–Crippen MR) is 217 cm³/mol. The minimum absolute atomic E-state index is 0.0688. The van der Waals surface area contributed by atoms with Gasteiger partial charge in [-0.15, -0.1) is 25.7 Å². The van der Waals surface area contributed by atoms with Crippen molar-refractivity contribution in [3.8, 4) is 25.7 Å². The fourth-order valence-electron chi connectivity index (χ4n) is 4.97. The maximum atomic E-state index is 13.0. The normalized spacial score (nSPS) is 14.1. The number of likely N-dealkylation sites (tertiary alicyclic amines) is 1. The van der Waals surface area contributed by atoms with Gasteiger partial charge in [0.2, 0.25) is 11.8 Å². The molecule has 1 fully saturated rings. The number of carboxylic acids is 1. The van der Waals surface area contributed by atoms with Crippen LogP contribution in [0.2, 0.25) is 0 Å². The number of allylic oxidation sites excluding steroid dienone is 1. The van der Waals surface area contributed by atoms with E-state index in [1.807, 2.05) is 64.1 Å². The number of nitrogens with one attached hydrogen (secondary N) is 3. The van der Waals surface area contributed by atoms with Crippen LogP contribution in [-0.4, -0.2) is 69.6 Å². The highest BCUT2D eigenvalue weighted by atomic mass is 16.6. The molecular formula is C42H66N4O7. The maximum Gasteiger partial charge on any atom is 0.408 e. The van der Waals surface area contributed by atoms with Crippen molar-refractivity contribution in [2.45, 2.75) is 131 Å². The fourth-order valence-corrected chi connectivity index (χ4v) is 4.97. The Morgan fingerprint density at radius 3 is 2.19 bits per heavy atom. The average Bonchev–Trinajstić information content (AvgIpc) is 3.17. The fraction of sp³-hybridized carbons (Fsp3) is 0.548. The molecule has 1 aliphatic rings. The van der Waals surface area contributed by atoms with Crippen molar-refractivity contribution < 1.29 is 29.0 Å². The molecular weight excluding hydrogens is 672 g/mol. The van der Waals surface area contributed by atoms with Gasteiger partial charge in [-0.25, -0.2) is 9.59 Å². The molecule has 0 saturated carbocycles. The molecule has 1 aliphatic heterocycles. The van der Waals surface area contributed by atoms with Gasteiger partial charge < -0.3 is 30.4 Å². The van der Waals surface area contributed by atoms with Crippen molar-refractivity contribution in [3.05, 3.63) is 58.9 Å². The number of nitrogens with zero attached hydrogens (tertiary/aromatic N) is 1. The summed E-state index contributed by atoms with van der Waals surface area (Å²) in [5, 5.41) is 15.5. The van der Waals surface area contributed by atoms with Gasteiger partial charge in [-0.2, -0.15) is 0 Å². The summed E-state index contributed by atoms with van der Waals surface area (Å²) in [4.78, 5) is 65.0. The Morgan fingerprint density at radius 2 is 1.62 bits per heavy atom. The van der Waals surface area contributed by atoms with E-state index in [-0.39, 0.29) is 12.0 Å². The Kier molecular flexibility index (Phi) is 31.3. The highest BCUT2D eigenvalue weighted by molar-refractivity contribution is 5.92. The molecule has 296 valence electrons. The molecule has 0 bridgehead atoms. The van der Waals surface area contributed by atoms with Gasteiger partial charge in [0.1, 0.15) is 24.2 Å². The van der Waals surface area contributed by atoms with Crippen LogP contribution in [0.1, 0.15) is 114 Å². The van der Waals surface area contributed by atoms with Crippen LogP contribution in [0.15, 0.2) is 53.5 Å².